The first-order chi connectivity index (χ1) is 6.95. The number of alkyl halides is 4. The zero-order chi connectivity index (χ0) is 11.5. The lowest BCUT2D eigenvalue weighted by Crippen LogP contribution is -2.48. The summed E-state index contributed by atoms with van der Waals surface area (Å²) in [6, 6.07) is -0.801. The molecule has 1 rings (SSSR count). The van der Waals surface area contributed by atoms with Crippen LogP contribution in [0.15, 0.2) is 0 Å². The van der Waals surface area contributed by atoms with Gasteiger partial charge in [-0.1, -0.05) is 12.8 Å². The minimum atomic E-state index is -4.23. The van der Waals surface area contributed by atoms with Crippen molar-refractivity contribution in [2.24, 2.45) is 5.92 Å². The molecule has 1 amide bonds. The second-order valence-corrected chi connectivity index (χ2v) is 4.01. The van der Waals surface area contributed by atoms with Crippen LogP contribution in [-0.4, -0.2) is 24.0 Å². The Morgan fingerprint density at radius 2 is 1.93 bits per heavy atom. The molecule has 0 heterocycles. The smallest absolute Gasteiger partial charge is 0.352 e. The summed E-state index contributed by atoms with van der Waals surface area (Å²) in [4.78, 5) is 10.9. The predicted octanol–water partition coefficient (Wildman–Crippen LogP) is 2.46. The molecular formula is C9H13ClF3NO. The van der Waals surface area contributed by atoms with Gasteiger partial charge in [0.05, 0.1) is 5.92 Å². The molecule has 6 heteroatoms. The van der Waals surface area contributed by atoms with Gasteiger partial charge in [-0.2, -0.15) is 13.2 Å². The Bertz CT molecular complexity index is 232. The third-order valence-corrected chi connectivity index (χ3v) is 2.90. The highest BCUT2D eigenvalue weighted by Crippen LogP contribution is 2.37. The Morgan fingerprint density at radius 3 is 2.47 bits per heavy atom. The molecule has 1 fully saturated rings. The van der Waals surface area contributed by atoms with E-state index in [1.807, 2.05) is 0 Å². The number of carbonyl (C=O) groups excluding carboxylic acids is 1. The summed E-state index contributed by atoms with van der Waals surface area (Å²) in [7, 11) is 0. The van der Waals surface area contributed by atoms with Crippen LogP contribution in [0.1, 0.15) is 25.7 Å². The Hall–Kier alpha value is -0.450. The predicted molar refractivity (Wildman–Crippen MR) is 50.7 cm³/mol. The van der Waals surface area contributed by atoms with E-state index in [1.54, 1.807) is 0 Å². The second kappa shape index (κ2) is 5.05. The van der Waals surface area contributed by atoms with Crippen molar-refractivity contribution in [3.63, 3.8) is 0 Å². The maximum Gasteiger partial charge on any atom is 0.393 e. The summed E-state index contributed by atoms with van der Waals surface area (Å²) in [6.07, 6.45) is -2.47. The standard InChI is InChI=1S/C9H13ClF3NO/c10-5-8(15)14-7-4-2-1-3-6(7)9(11,12)13/h6-7H,1-5H2,(H,14,15). The molecule has 1 N–H and O–H groups in total. The first-order valence-electron chi connectivity index (χ1n) is 4.87. The Balaban J connectivity index is 2.62. The first-order valence-corrected chi connectivity index (χ1v) is 5.40. The number of nitrogens with one attached hydrogen (secondary N) is 1. The van der Waals surface area contributed by atoms with Gasteiger partial charge in [0.1, 0.15) is 5.88 Å². The average molecular weight is 244 g/mol. The Labute approximate surface area is 91.2 Å². The molecule has 15 heavy (non-hydrogen) atoms. The minimum absolute atomic E-state index is 0.0940. The van der Waals surface area contributed by atoms with Crippen LogP contribution < -0.4 is 5.32 Å². The molecule has 0 spiro atoms. The monoisotopic (exact) mass is 243 g/mol. The van der Waals surface area contributed by atoms with E-state index in [1.165, 1.54) is 0 Å². The lowest BCUT2D eigenvalue weighted by Gasteiger charge is -2.33. The molecule has 1 aliphatic carbocycles. The van der Waals surface area contributed by atoms with Crippen molar-refractivity contribution in [1.29, 1.82) is 0 Å². The summed E-state index contributed by atoms with van der Waals surface area (Å²) in [6.45, 7) is 0. The van der Waals surface area contributed by atoms with Crippen LogP contribution in [0, 0.1) is 5.92 Å². The summed E-state index contributed by atoms with van der Waals surface area (Å²) in [5.74, 6) is -2.24. The molecule has 0 aromatic rings. The third kappa shape index (κ3) is 3.55. The number of hydrogen-bond donors (Lipinski definition) is 1. The highest BCUT2D eigenvalue weighted by atomic mass is 35.5. The lowest BCUT2D eigenvalue weighted by molar-refractivity contribution is -0.189. The van der Waals surface area contributed by atoms with E-state index in [0.29, 0.717) is 12.8 Å². The quantitative estimate of drug-likeness (QED) is 0.742. The summed E-state index contributed by atoms with van der Waals surface area (Å²) in [5, 5.41) is 2.33. The zero-order valence-corrected chi connectivity index (χ0v) is 8.87. The van der Waals surface area contributed by atoms with E-state index in [-0.39, 0.29) is 12.3 Å². The molecule has 0 aliphatic heterocycles. The van der Waals surface area contributed by atoms with Crippen molar-refractivity contribution in [2.75, 3.05) is 5.88 Å². The van der Waals surface area contributed by atoms with Gasteiger partial charge in [0, 0.05) is 6.04 Å². The van der Waals surface area contributed by atoms with Crippen LogP contribution >= 0.6 is 11.6 Å². The molecule has 0 saturated heterocycles. The van der Waals surface area contributed by atoms with Crippen LogP contribution in [-0.2, 0) is 4.79 Å². The van der Waals surface area contributed by atoms with Crippen LogP contribution in [0.25, 0.3) is 0 Å². The van der Waals surface area contributed by atoms with Crippen LogP contribution in [0.5, 0.6) is 0 Å². The summed E-state index contributed by atoms with van der Waals surface area (Å²) in [5.41, 5.74) is 0. The lowest BCUT2D eigenvalue weighted by atomic mass is 9.84. The molecule has 2 unspecified atom stereocenters. The number of hydrogen-bond acceptors (Lipinski definition) is 1. The second-order valence-electron chi connectivity index (χ2n) is 3.74. The first kappa shape index (κ1) is 12.6. The van der Waals surface area contributed by atoms with Gasteiger partial charge in [-0.05, 0) is 12.8 Å². The van der Waals surface area contributed by atoms with Crippen LogP contribution in [0.3, 0.4) is 0 Å². The summed E-state index contributed by atoms with van der Waals surface area (Å²) >= 11 is 5.24. The maximum absolute atomic E-state index is 12.6. The van der Waals surface area contributed by atoms with E-state index >= 15 is 0 Å². The van der Waals surface area contributed by atoms with Gasteiger partial charge in [0.15, 0.2) is 0 Å². The van der Waals surface area contributed by atoms with Crippen molar-refractivity contribution in [3.8, 4) is 0 Å². The van der Waals surface area contributed by atoms with Gasteiger partial charge in [-0.25, -0.2) is 0 Å². The van der Waals surface area contributed by atoms with E-state index in [2.05, 4.69) is 5.32 Å². The van der Waals surface area contributed by atoms with Crippen LogP contribution in [0.4, 0.5) is 13.2 Å². The number of amides is 1. The average Bonchev–Trinajstić information content (AvgIpc) is 2.17. The van der Waals surface area contributed by atoms with E-state index in [0.717, 1.165) is 6.42 Å². The zero-order valence-electron chi connectivity index (χ0n) is 8.11. The molecule has 1 saturated carbocycles. The Morgan fingerprint density at radius 1 is 1.33 bits per heavy atom. The molecule has 2 atom stereocenters. The molecule has 2 nitrogen and oxygen atoms in total. The van der Waals surface area contributed by atoms with Crippen molar-refractivity contribution in [3.05, 3.63) is 0 Å². The van der Waals surface area contributed by atoms with E-state index in [9.17, 15) is 18.0 Å². The largest absolute Gasteiger partial charge is 0.393 e. The molecule has 88 valence electrons. The fourth-order valence-corrected chi connectivity index (χ4v) is 2.02. The normalized spacial score (nSPS) is 27.5. The van der Waals surface area contributed by atoms with E-state index < -0.39 is 24.0 Å². The summed E-state index contributed by atoms with van der Waals surface area (Å²) < 4.78 is 37.7. The van der Waals surface area contributed by atoms with Gasteiger partial charge in [-0.3, -0.25) is 4.79 Å². The topological polar surface area (TPSA) is 29.1 Å². The Kier molecular flexibility index (Phi) is 4.25. The van der Waals surface area contributed by atoms with Crippen molar-refractivity contribution < 1.29 is 18.0 Å². The molecule has 0 bridgehead atoms. The van der Waals surface area contributed by atoms with Gasteiger partial charge < -0.3 is 5.32 Å². The molecule has 1 aliphatic rings. The van der Waals surface area contributed by atoms with Gasteiger partial charge in [0.25, 0.3) is 0 Å². The van der Waals surface area contributed by atoms with Crippen molar-refractivity contribution in [1.82, 2.24) is 5.32 Å². The number of carbonyl (C=O) groups is 1. The molecular weight excluding hydrogens is 231 g/mol. The molecule has 0 radical (unpaired) electrons. The fraction of sp³-hybridized carbons (Fsp3) is 0.889. The SMILES string of the molecule is O=C(CCl)NC1CCCCC1C(F)(F)F. The third-order valence-electron chi connectivity index (χ3n) is 2.65. The van der Waals surface area contributed by atoms with E-state index in [4.69, 9.17) is 11.6 Å². The van der Waals surface area contributed by atoms with Gasteiger partial charge >= 0.3 is 6.18 Å². The molecule has 0 aromatic carbocycles. The van der Waals surface area contributed by atoms with Crippen molar-refractivity contribution >= 4 is 17.5 Å². The van der Waals surface area contributed by atoms with Crippen LogP contribution in [0.2, 0.25) is 0 Å². The molecule has 0 aromatic heterocycles. The number of rotatable bonds is 2. The maximum atomic E-state index is 12.6. The van der Waals surface area contributed by atoms with Gasteiger partial charge in [-0.15, -0.1) is 11.6 Å². The van der Waals surface area contributed by atoms with Gasteiger partial charge in [0.2, 0.25) is 5.91 Å². The minimum Gasteiger partial charge on any atom is -0.352 e. The highest BCUT2D eigenvalue weighted by molar-refractivity contribution is 6.27. The number of halogens is 4. The van der Waals surface area contributed by atoms with Crippen molar-refractivity contribution in [2.45, 2.75) is 37.9 Å². The fourth-order valence-electron chi connectivity index (χ4n) is 1.94. The highest BCUT2D eigenvalue weighted by Gasteiger charge is 2.45.